The summed E-state index contributed by atoms with van der Waals surface area (Å²) in [7, 11) is 0. The quantitative estimate of drug-likeness (QED) is 0.530. The summed E-state index contributed by atoms with van der Waals surface area (Å²) in [6.45, 7) is 2.68. The van der Waals surface area contributed by atoms with Crippen LogP contribution in [0.15, 0.2) is 30.3 Å². The van der Waals surface area contributed by atoms with E-state index in [0.717, 1.165) is 12.1 Å². The van der Waals surface area contributed by atoms with Gasteiger partial charge in [0.05, 0.1) is 37.6 Å². The van der Waals surface area contributed by atoms with Crippen LogP contribution in [0, 0.1) is 5.41 Å². The van der Waals surface area contributed by atoms with Gasteiger partial charge < -0.3 is 15.6 Å². The molecule has 1 saturated heterocycles. The van der Waals surface area contributed by atoms with E-state index in [1.165, 1.54) is 0 Å². The van der Waals surface area contributed by atoms with E-state index in [2.05, 4.69) is 4.90 Å². The number of aliphatic hydroxyl groups is 1. The van der Waals surface area contributed by atoms with Crippen molar-refractivity contribution in [1.29, 1.82) is 5.41 Å². The summed E-state index contributed by atoms with van der Waals surface area (Å²) in [5.41, 5.74) is 6.78. The molecular weight excluding hydrogens is 242 g/mol. The third-order valence-corrected chi connectivity index (χ3v) is 3.55. The lowest BCUT2D eigenvalue weighted by Crippen LogP contribution is -2.50. The molecule has 0 bridgehead atoms. The molecule has 2 atom stereocenters. The minimum absolute atomic E-state index is 0.000637. The first kappa shape index (κ1) is 14.0. The molecule has 2 rings (SSSR count). The van der Waals surface area contributed by atoms with Crippen LogP contribution in [0.2, 0.25) is 0 Å². The van der Waals surface area contributed by atoms with Crippen molar-refractivity contribution < 1.29 is 9.84 Å². The summed E-state index contributed by atoms with van der Waals surface area (Å²) in [6.07, 6.45) is 0. The summed E-state index contributed by atoms with van der Waals surface area (Å²) < 4.78 is 5.36. The Hall–Kier alpha value is -1.43. The third-order valence-electron chi connectivity index (χ3n) is 3.55. The van der Waals surface area contributed by atoms with Gasteiger partial charge in [-0.25, -0.2) is 0 Å². The van der Waals surface area contributed by atoms with Crippen molar-refractivity contribution in [3.8, 4) is 0 Å². The van der Waals surface area contributed by atoms with Crippen LogP contribution in [0.5, 0.6) is 0 Å². The number of hydrogen-bond donors (Lipinski definition) is 3. The molecule has 1 fully saturated rings. The molecule has 5 heteroatoms. The third kappa shape index (κ3) is 3.53. The number of benzene rings is 1. The molecule has 0 saturated carbocycles. The highest BCUT2D eigenvalue weighted by Crippen LogP contribution is 2.19. The molecule has 1 aliphatic rings. The highest BCUT2D eigenvalue weighted by molar-refractivity contribution is 5.84. The largest absolute Gasteiger partial charge is 0.395 e. The van der Waals surface area contributed by atoms with Crippen LogP contribution < -0.4 is 5.73 Å². The van der Waals surface area contributed by atoms with Gasteiger partial charge in [0.2, 0.25) is 0 Å². The first-order chi connectivity index (χ1) is 9.22. The number of amidine groups is 1. The zero-order valence-corrected chi connectivity index (χ0v) is 11.0. The molecule has 19 heavy (non-hydrogen) atoms. The molecule has 1 heterocycles. The van der Waals surface area contributed by atoms with Gasteiger partial charge >= 0.3 is 0 Å². The fourth-order valence-corrected chi connectivity index (χ4v) is 2.40. The Balaban J connectivity index is 2.10. The molecule has 104 valence electrons. The lowest BCUT2D eigenvalue weighted by atomic mass is 9.96. The fraction of sp³-hybridized carbons (Fsp3) is 0.500. The van der Waals surface area contributed by atoms with Crippen molar-refractivity contribution >= 4 is 5.84 Å². The number of ether oxygens (including phenoxy) is 1. The number of morpholine rings is 1. The van der Waals surface area contributed by atoms with Gasteiger partial charge in [-0.15, -0.1) is 0 Å². The molecule has 5 nitrogen and oxygen atoms in total. The highest BCUT2D eigenvalue weighted by atomic mass is 16.5. The second-order valence-corrected chi connectivity index (χ2v) is 4.82. The maximum atomic E-state index is 9.38. The molecule has 0 aromatic heterocycles. The molecule has 1 aromatic carbocycles. The van der Waals surface area contributed by atoms with Crippen molar-refractivity contribution in [2.75, 3.05) is 32.9 Å². The molecule has 4 N–H and O–H groups in total. The predicted molar refractivity (Wildman–Crippen MR) is 74.4 cm³/mol. The Kier molecular flexibility index (Phi) is 4.90. The minimum atomic E-state index is -0.131. The summed E-state index contributed by atoms with van der Waals surface area (Å²) in [5, 5.41) is 17.2. The standard InChI is InChI=1S/C14H21N3O2/c15-14(16)13(11-4-2-1-3-5-11)8-17-6-7-19-10-12(17)9-18/h1-5,12-13,18H,6-10H2,(H3,15,16). The molecule has 0 radical (unpaired) electrons. The van der Waals surface area contributed by atoms with Crippen molar-refractivity contribution in [3.63, 3.8) is 0 Å². The van der Waals surface area contributed by atoms with Gasteiger partial charge in [0.15, 0.2) is 0 Å². The maximum Gasteiger partial charge on any atom is 0.0995 e. The van der Waals surface area contributed by atoms with Crippen molar-refractivity contribution in [3.05, 3.63) is 35.9 Å². The number of hydrogen-bond acceptors (Lipinski definition) is 4. The van der Waals surface area contributed by atoms with Crippen LogP contribution in [-0.2, 0) is 4.74 Å². The number of aliphatic hydroxyl groups excluding tert-OH is 1. The zero-order valence-electron chi connectivity index (χ0n) is 11.0. The van der Waals surface area contributed by atoms with Crippen molar-refractivity contribution in [2.24, 2.45) is 5.73 Å². The van der Waals surface area contributed by atoms with E-state index < -0.39 is 0 Å². The van der Waals surface area contributed by atoms with E-state index in [1.807, 2.05) is 30.3 Å². The summed E-state index contributed by atoms with van der Waals surface area (Å²) in [4.78, 5) is 2.16. The maximum absolute atomic E-state index is 9.38. The lowest BCUT2D eigenvalue weighted by molar-refractivity contribution is -0.0277. The van der Waals surface area contributed by atoms with Crippen molar-refractivity contribution in [1.82, 2.24) is 4.90 Å². The average molecular weight is 263 g/mol. The molecule has 2 unspecified atom stereocenters. The molecule has 0 amide bonds. The molecular formula is C14H21N3O2. The number of nitrogens with one attached hydrogen (secondary N) is 1. The van der Waals surface area contributed by atoms with E-state index in [-0.39, 0.29) is 24.4 Å². The van der Waals surface area contributed by atoms with Gasteiger partial charge in [0.1, 0.15) is 0 Å². The van der Waals surface area contributed by atoms with E-state index in [4.69, 9.17) is 15.9 Å². The molecule has 1 aliphatic heterocycles. The minimum Gasteiger partial charge on any atom is -0.395 e. The van der Waals surface area contributed by atoms with E-state index >= 15 is 0 Å². The topological polar surface area (TPSA) is 82.6 Å². The van der Waals surface area contributed by atoms with Crippen LogP contribution in [-0.4, -0.2) is 54.8 Å². The van der Waals surface area contributed by atoms with Gasteiger partial charge in [-0.05, 0) is 5.56 Å². The van der Waals surface area contributed by atoms with Crippen LogP contribution in [0.3, 0.4) is 0 Å². The van der Waals surface area contributed by atoms with E-state index in [0.29, 0.717) is 19.8 Å². The lowest BCUT2D eigenvalue weighted by Gasteiger charge is -2.36. The van der Waals surface area contributed by atoms with Gasteiger partial charge in [0.25, 0.3) is 0 Å². The van der Waals surface area contributed by atoms with Gasteiger partial charge in [0, 0.05) is 13.1 Å². The summed E-state index contributed by atoms with van der Waals surface area (Å²) in [5.74, 6) is 0.0303. The number of nitrogens with zero attached hydrogens (tertiary/aromatic N) is 1. The Morgan fingerprint density at radius 3 is 2.84 bits per heavy atom. The monoisotopic (exact) mass is 263 g/mol. The Morgan fingerprint density at radius 2 is 2.21 bits per heavy atom. The Bertz CT molecular complexity index is 410. The predicted octanol–water partition coefficient (Wildman–Crippen LogP) is 0.399. The van der Waals surface area contributed by atoms with Crippen LogP contribution in [0.25, 0.3) is 0 Å². The average Bonchev–Trinajstić information content (AvgIpc) is 2.45. The summed E-state index contributed by atoms with van der Waals surface area (Å²) >= 11 is 0. The second kappa shape index (κ2) is 6.65. The first-order valence-electron chi connectivity index (χ1n) is 6.54. The SMILES string of the molecule is N=C(N)C(CN1CCOCC1CO)c1ccccc1. The fourth-order valence-electron chi connectivity index (χ4n) is 2.40. The van der Waals surface area contributed by atoms with Gasteiger partial charge in [-0.2, -0.15) is 0 Å². The summed E-state index contributed by atoms with van der Waals surface area (Å²) in [6, 6.07) is 9.83. The number of nitrogens with two attached hydrogens (primary N) is 1. The molecule has 0 aliphatic carbocycles. The Morgan fingerprint density at radius 1 is 1.47 bits per heavy atom. The van der Waals surface area contributed by atoms with E-state index in [9.17, 15) is 5.11 Å². The van der Waals surface area contributed by atoms with E-state index in [1.54, 1.807) is 0 Å². The second-order valence-electron chi connectivity index (χ2n) is 4.82. The van der Waals surface area contributed by atoms with Gasteiger partial charge in [-0.1, -0.05) is 30.3 Å². The Labute approximate surface area is 113 Å². The van der Waals surface area contributed by atoms with Crippen LogP contribution in [0.1, 0.15) is 11.5 Å². The normalized spacial score (nSPS) is 22.1. The molecule has 0 spiro atoms. The number of rotatable bonds is 5. The van der Waals surface area contributed by atoms with Crippen LogP contribution in [0.4, 0.5) is 0 Å². The smallest absolute Gasteiger partial charge is 0.0995 e. The van der Waals surface area contributed by atoms with Gasteiger partial charge in [-0.3, -0.25) is 10.3 Å². The van der Waals surface area contributed by atoms with Crippen molar-refractivity contribution in [2.45, 2.75) is 12.0 Å². The van der Waals surface area contributed by atoms with Crippen LogP contribution >= 0.6 is 0 Å². The molecule has 1 aromatic rings. The zero-order chi connectivity index (χ0) is 13.7. The first-order valence-corrected chi connectivity index (χ1v) is 6.54. The highest BCUT2D eigenvalue weighted by Gasteiger charge is 2.26.